The van der Waals surface area contributed by atoms with E-state index < -0.39 is 0 Å². The molecule has 2 N–H and O–H groups in total. The van der Waals surface area contributed by atoms with Gasteiger partial charge in [0.05, 0.1) is 18.5 Å². The molecule has 0 bridgehead atoms. The Bertz CT molecular complexity index is 1410. The van der Waals surface area contributed by atoms with Gasteiger partial charge in [-0.1, -0.05) is 62.7 Å². The second-order valence-electron chi connectivity index (χ2n) is 9.59. The molecule has 0 fully saturated rings. The minimum atomic E-state index is -0.309. The van der Waals surface area contributed by atoms with Gasteiger partial charge in [-0.3, -0.25) is 4.79 Å². The molecule has 0 spiro atoms. The van der Waals surface area contributed by atoms with Crippen LogP contribution in [0.4, 0.5) is 16.3 Å². The lowest BCUT2D eigenvalue weighted by molar-refractivity contribution is -0.116. The molecule has 0 unspecified atom stereocenters. The fraction of sp³-hybridized carbons (Fsp3) is 0.281. The van der Waals surface area contributed by atoms with Crippen LogP contribution in [0, 0.1) is 6.92 Å². The molecule has 40 heavy (non-hydrogen) atoms. The number of benzene rings is 3. The van der Waals surface area contributed by atoms with Crippen LogP contribution in [0.3, 0.4) is 0 Å². The molecule has 3 aromatic carbocycles. The summed E-state index contributed by atoms with van der Waals surface area (Å²) in [7, 11) is 1.62. The molecule has 1 heterocycles. The molecule has 208 valence electrons. The van der Waals surface area contributed by atoms with E-state index in [0.29, 0.717) is 18.1 Å². The SMILES string of the molecule is CCCCN(CC(=O)Nc1c(-c2ccccc2)c(C)nn1-c1ccc(OC)cc1)C(=O)Nc1ccc(CC)cc1. The Labute approximate surface area is 236 Å². The van der Waals surface area contributed by atoms with Gasteiger partial charge >= 0.3 is 6.03 Å². The fourth-order valence-corrected chi connectivity index (χ4v) is 4.48. The lowest BCUT2D eigenvalue weighted by Crippen LogP contribution is -2.41. The van der Waals surface area contributed by atoms with Gasteiger partial charge < -0.3 is 20.3 Å². The number of carbonyl (C=O) groups is 2. The molecule has 8 nitrogen and oxygen atoms in total. The van der Waals surface area contributed by atoms with Gasteiger partial charge in [-0.15, -0.1) is 0 Å². The first-order chi connectivity index (χ1) is 19.4. The van der Waals surface area contributed by atoms with Crippen LogP contribution in [-0.2, 0) is 11.2 Å². The highest BCUT2D eigenvalue weighted by atomic mass is 16.5. The van der Waals surface area contributed by atoms with Crippen LogP contribution in [0.25, 0.3) is 16.8 Å². The van der Waals surface area contributed by atoms with Gasteiger partial charge in [0.2, 0.25) is 5.91 Å². The van der Waals surface area contributed by atoms with Crippen molar-refractivity contribution in [2.45, 2.75) is 40.0 Å². The Balaban J connectivity index is 1.61. The predicted molar refractivity (Wildman–Crippen MR) is 160 cm³/mol. The van der Waals surface area contributed by atoms with Gasteiger partial charge in [0.1, 0.15) is 18.1 Å². The van der Waals surface area contributed by atoms with Crippen molar-refractivity contribution in [1.29, 1.82) is 0 Å². The summed E-state index contributed by atoms with van der Waals surface area (Å²) >= 11 is 0. The number of carbonyl (C=O) groups excluding carboxylic acids is 2. The molecule has 4 rings (SSSR count). The number of nitrogens with one attached hydrogen (secondary N) is 2. The maximum absolute atomic E-state index is 13.5. The largest absolute Gasteiger partial charge is 0.497 e. The number of unbranched alkanes of at least 4 members (excludes halogenated alkanes) is 1. The van der Waals surface area contributed by atoms with Gasteiger partial charge in [-0.2, -0.15) is 5.10 Å². The molecular formula is C32H37N5O3. The summed E-state index contributed by atoms with van der Waals surface area (Å²) in [5, 5.41) is 10.8. The number of ether oxygens (including phenoxy) is 1. The van der Waals surface area contributed by atoms with E-state index in [2.05, 4.69) is 24.5 Å². The predicted octanol–water partition coefficient (Wildman–Crippen LogP) is 6.69. The number of hydrogen-bond donors (Lipinski definition) is 2. The summed E-state index contributed by atoms with van der Waals surface area (Å²) in [4.78, 5) is 28.3. The average molecular weight is 540 g/mol. The highest BCUT2D eigenvalue weighted by Gasteiger charge is 2.23. The fourth-order valence-electron chi connectivity index (χ4n) is 4.48. The van der Waals surface area contributed by atoms with Crippen molar-refractivity contribution < 1.29 is 14.3 Å². The molecule has 4 aromatic rings. The Hall–Kier alpha value is -4.59. The molecule has 8 heteroatoms. The first-order valence-electron chi connectivity index (χ1n) is 13.7. The van der Waals surface area contributed by atoms with Crippen LogP contribution in [0.5, 0.6) is 5.75 Å². The van der Waals surface area contributed by atoms with E-state index in [-0.39, 0.29) is 18.5 Å². The van der Waals surface area contributed by atoms with Crippen molar-refractivity contribution in [3.8, 4) is 22.6 Å². The van der Waals surface area contributed by atoms with E-state index in [1.54, 1.807) is 16.7 Å². The number of aryl methyl sites for hydroxylation is 2. The lowest BCUT2D eigenvalue weighted by Gasteiger charge is -2.23. The van der Waals surface area contributed by atoms with E-state index in [4.69, 9.17) is 9.84 Å². The van der Waals surface area contributed by atoms with Crippen LogP contribution in [0.1, 0.15) is 37.9 Å². The molecular weight excluding hydrogens is 502 g/mol. The molecule has 1 aromatic heterocycles. The van der Waals surface area contributed by atoms with E-state index in [1.807, 2.05) is 85.8 Å². The number of amides is 3. The van der Waals surface area contributed by atoms with Crippen LogP contribution in [0.2, 0.25) is 0 Å². The molecule has 0 radical (unpaired) electrons. The number of methoxy groups -OCH3 is 1. The third-order valence-corrected chi connectivity index (χ3v) is 6.71. The van der Waals surface area contributed by atoms with Crippen molar-refractivity contribution in [1.82, 2.24) is 14.7 Å². The Morgan fingerprint density at radius 2 is 1.62 bits per heavy atom. The van der Waals surface area contributed by atoms with E-state index in [1.165, 1.54) is 5.56 Å². The number of anilines is 2. The Morgan fingerprint density at radius 3 is 2.25 bits per heavy atom. The van der Waals surface area contributed by atoms with Gasteiger partial charge in [0.15, 0.2) is 0 Å². The van der Waals surface area contributed by atoms with Crippen molar-refractivity contribution in [2.24, 2.45) is 0 Å². The Kier molecular flexibility index (Phi) is 9.57. The minimum Gasteiger partial charge on any atom is -0.497 e. The van der Waals surface area contributed by atoms with E-state index in [0.717, 1.165) is 47.5 Å². The first-order valence-corrected chi connectivity index (χ1v) is 13.7. The molecule has 0 aliphatic rings. The van der Waals surface area contributed by atoms with Gasteiger partial charge in [0.25, 0.3) is 0 Å². The highest BCUT2D eigenvalue weighted by molar-refractivity contribution is 5.99. The third kappa shape index (κ3) is 6.88. The topological polar surface area (TPSA) is 88.5 Å². The van der Waals surface area contributed by atoms with Crippen LogP contribution in [-0.4, -0.2) is 46.8 Å². The van der Waals surface area contributed by atoms with Gasteiger partial charge in [-0.05, 0) is 67.3 Å². The second kappa shape index (κ2) is 13.5. The summed E-state index contributed by atoms with van der Waals surface area (Å²) in [6, 6.07) is 24.8. The molecule has 0 aliphatic carbocycles. The summed E-state index contributed by atoms with van der Waals surface area (Å²) in [6.07, 6.45) is 2.61. The molecule has 0 saturated heterocycles. The quantitative estimate of drug-likeness (QED) is 0.222. The molecule has 0 atom stereocenters. The van der Waals surface area contributed by atoms with Crippen LogP contribution in [0.15, 0.2) is 78.9 Å². The standard InChI is InChI=1S/C32H37N5O3/c1-5-7-21-36(32(39)33-26-15-13-24(6-2)14-16-26)22-29(38)34-31-30(25-11-9-8-10-12-25)23(3)35-37(31)27-17-19-28(40-4)20-18-27/h8-20H,5-7,21-22H2,1-4H3,(H,33,39)(H,34,38). The number of hydrogen-bond acceptors (Lipinski definition) is 4. The molecule has 0 aliphatic heterocycles. The van der Waals surface area contributed by atoms with Crippen molar-refractivity contribution in [2.75, 3.05) is 30.8 Å². The highest BCUT2D eigenvalue weighted by Crippen LogP contribution is 2.33. The summed E-state index contributed by atoms with van der Waals surface area (Å²) in [6.45, 7) is 6.43. The van der Waals surface area contributed by atoms with Gasteiger partial charge in [0, 0.05) is 17.8 Å². The average Bonchev–Trinajstić information content (AvgIpc) is 3.31. The molecule has 3 amide bonds. The zero-order valence-electron chi connectivity index (χ0n) is 23.6. The minimum absolute atomic E-state index is 0.0973. The van der Waals surface area contributed by atoms with Crippen molar-refractivity contribution in [3.05, 3.63) is 90.1 Å². The summed E-state index contributed by atoms with van der Waals surface area (Å²) < 4.78 is 7.03. The van der Waals surface area contributed by atoms with Crippen molar-refractivity contribution in [3.63, 3.8) is 0 Å². The van der Waals surface area contributed by atoms with E-state index in [9.17, 15) is 9.59 Å². The van der Waals surface area contributed by atoms with Crippen molar-refractivity contribution >= 4 is 23.4 Å². The summed E-state index contributed by atoms with van der Waals surface area (Å²) in [5.41, 5.74) is 5.20. The number of urea groups is 1. The third-order valence-electron chi connectivity index (χ3n) is 6.71. The maximum Gasteiger partial charge on any atom is 0.322 e. The monoisotopic (exact) mass is 539 g/mol. The number of aromatic nitrogens is 2. The number of rotatable bonds is 11. The van der Waals surface area contributed by atoms with E-state index >= 15 is 0 Å². The van der Waals surface area contributed by atoms with Crippen LogP contribution < -0.4 is 15.4 Å². The second-order valence-corrected chi connectivity index (χ2v) is 9.59. The lowest BCUT2D eigenvalue weighted by atomic mass is 10.1. The van der Waals surface area contributed by atoms with Gasteiger partial charge in [-0.25, -0.2) is 9.48 Å². The maximum atomic E-state index is 13.5. The van der Waals surface area contributed by atoms with Crippen LogP contribution >= 0.6 is 0 Å². The first kappa shape index (κ1) is 28.4. The zero-order valence-corrected chi connectivity index (χ0v) is 23.6. The normalized spacial score (nSPS) is 10.7. The zero-order chi connectivity index (χ0) is 28.5. The smallest absolute Gasteiger partial charge is 0.322 e. The number of nitrogens with zero attached hydrogens (tertiary/aromatic N) is 3. The summed E-state index contributed by atoms with van der Waals surface area (Å²) in [5.74, 6) is 0.965. The Morgan fingerprint density at radius 1 is 0.925 bits per heavy atom. The molecule has 0 saturated carbocycles.